The number of fused-ring (bicyclic) bond motifs is 1. The lowest BCUT2D eigenvalue weighted by molar-refractivity contribution is -0.148. The van der Waals surface area contributed by atoms with Crippen LogP contribution < -0.4 is 16.6 Å². The molecule has 5 rings (SSSR count). The number of amides is 1. The second-order valence-corrected chi connectivity index (χ2v) is 11.5. The van der Waals surface area contributed by atoms with Gasteiger partial charge < -0.3 is 30.2 Å². The van der Waals surface area contributed by atoms with Crippen molar-refractivity contribution in [2.24, 2.45) is 5.73 Å². The van der Waals surface area contributed by atoms with Crippen LogP contribution in [0, 0.1) is 17.5 Å². The summed E-state index contributed by atoms with van der Waals surface area (Å²) >= 11 is 0. The highest BCUT2D eigenvalue weighted by atomic mass is 19.4. The van der Waals surface area contributed by atoms with Crippen LogP contribution in [0.1, 0.15) is 46.8 Å². The Morgan fingerprint density at radius 1 is 1.09 bits per heavy atom. The molecule has 2 aromatic heterocycles. The molecule has 0 spiro atoms. The molecule has 0 aliphatic carbocycles. The number of rotatable bonds is 10. The van der Waals surface area contributed by atoms with Gasteiger partial charge in [-0.2, -0.15) is 13.2 Å². The number of piperidine rings is 1. The topological polar surface area (TPSA) is 139 Å². The minimum Gasteiger partial charge on any atom is -0.460 e. The molecular weight excluding hydrogens is 636 g/mol. The van der Waals surface area contributed by atoms with Gasteiger partial charge in [0.25, 0.3) is 5.56 Å². The molecule has 2 aliphatic rings. The number of hydrogen-bond donors (Lipinski definition) is 3. The maximum atomic E-state index is 14.0. The van der Waals surface area contributed by atoms with E-state index in [1.807, 2.05) is 4.90 Å². The number of hydrogen-bond acceptors (Lipinski definition) is 8. The largest absolute Gasteiger partial charge is 0.460 e. The van der Waals surface area contributed by atoms with Gasteiger partial charge in [-0.25, -0.2) is 22.9 Å². The second kappa shape index (κ2) is 14.2. The molecule has 0 radical (unpaired) electrons. The molecule has 47 heavy (non-hydrogen) atoms. The summed E-state index contributed by atoms with van der Waals surface area (Å²) in [6.07, 6.45) is -2.56. The van der Waals surface area contributed by atoms with Crippen LogP contribution in [0.3, 0.4) is 0 Å². The average Bonchev–Trinajstić information content (AvgIpc) is 3.42. The maximum absolute atomic E-state index is 14.0. The third-order valence-corrected chi connectivity index (χ3v) is 8.22. The van der Waals surface area contributed by atoms with Crippen molar-refractivity contribution in [3.8, 4) is 0 Å². The highest BCUT2D eigenvalue weighted by Crippen LogP contribution is 2.33. The number of aromatic nitrogens is 3. The van der Waals surface area contributed by atoms with Crippen LogP contribution >= 0.6 is 0 Å². The standard InChI is InChI=1S/C30H33F6N7O4/c31-20-15-22(33)21(32)13-17(20)12-18(37)14-25(44)42-8-9-43-24(16-42)26(40-29(43)30(34,35)36)28(46)47-11-10-41-6-3-19(4-7-41)39-23-2-1-5-38-27(23)45/h1-2,5,13,15,18-19,39H,3-4,6-12,14,16,37H2,(H,38,45)/t18-/m1/s1. The van der Waals surface area contributed by atoms with E-state index in [-0.39, 0.29) is 61.9 Å². The van der Waals surface area contributed by atoms with E-state index in [1.165, 1.54) is 4.90 Å². The molecule has 4 N–H and O–H groups in total. The number of H-pyrrole nitrogens is 1. The molecule has 17 heteroatoms. The molecule has 1 fully saturated rings. The molecule has 0 unspecified atom stereocenters. The first-order valence-corrected chi connectivity index (χ1v) is 15.0. The van der Waals surface area contributed by atoms with Gasteiger partial charge in [0.1, 0.15) is 18.1 Å². The van der Waals surface area contributed by atoms with Crippen LogP contribution in [0.4, 0.5) is 32.0 Å². The summed E-state index contributed by atoms with van der Waals surface area (Å²) in [5, 5.41) is 3.21. The van der Waals surface area contributed by atoms with E-state index in [2.05, 4.69) is 15.3 Å². The van der Waals surface area contributed by atoms with E-state index in [0.29, 0.717) is 37.5 Å². The van der Waals surface area contributed by atoms with Gasteiger partial charge >= 0.3 is 12.1 Å². The molecule has 2 aliphatic heterocycles. The number of halogens is 6. The molecule has 1 atom stereocenters. The van der Waals surface area contributed by atoms with Crippen LogP contribution in [0.2, 0.25) is 0 Å². The number of carbonyl (C=O) groups excluding carboxylic acids is 2. The Morgan fingerprint density at radius 3 is 2.51 bits per heavy atom. The second-order valence-electron chi connectivity index (χ2n) is 11.5. The minimum atomic E-state index is -4.88. The minimum absolute atomic E-state index is 0.0717. The van der Waals surface area contributed by atoms with Crippen molar-refractivity contribution in [1.29, 1.82) is 0 Å². The van der Waals surface area contributed by atoms with Crippen LogP contribution in [-0.4, -0.2) is 81.1 Å². The summed E-state index contributed by atoms with van der Waals surface area (Å²) in [4.78, 5) is 47.3. The Morgan fingerprint density at radius 2 is 1.81 bits per heavy atom. The van der Waals surface area contributed by atoms with E-state index in [9.17, 15) is 40.7 Å². The average molecular weight is 670 g/mol. The third-order valence-electron chi connectivity index (χ3n) is 8.22. The fraction of sp³-hybridized carbons (Fsp3) is 0.467. The van der Waals surface area contributed by atoms with Crippen LogP contribution in [-0.2, 0) is 35.2 Å². The van der Waals surface area contributed by atoms with Gasteiger partial charge in [0.05, 0.1) is 12.2 Å². The summed E-state index contributed by atoms with van der Waals surface area (Å²) in [5.41, 5.74) is 5.30. The monoisotopic (exact) mass is 669 g/mol. The number of nitrogens with zero attached hydrogens (tertiary/aromatic N) is 4. The molecule has 0 saturated carbocycles. The molecule has 3 aromatic rings. The van der Waals surface area contributed by atoms with Gasteiger partial charge in [-0.05, 0) is 43.0 Å². The van der Waals surface area contributed by atoms with Crippen molar-refractivity contribution in [1.82, 2.24) is 24.3 Å². The van der Waals surface area contributed by atoms with Gasteiger partial charge in [-0.3, -0.25) is 14.5 Å². The van der Waals surface area contributed by atoms with Crippen LogP contribution in [0.25, 0.3) is 0 Å². The summed E-state index contributed by atoms with van der Waals surface area (Å²) < 4.78 is 88.4. The number of esters is 1. The van der Waals surface area contributed by atoms with Crippen molar-refractivity contribution < 1.29 is 40.7 Å². The first-order chi connectivity index (χ1) is 22.3. The number of benzene rings is 1. The van der Waals surface area contributed by atoms with Crippen molar-refractivity contribution in [2.75, 3.05) is 38.1 Å². The summed E-state index contributed by atoms with van der Waals surface area (Å²) in [6, 6.07) is 3.50. The highest BCUT2D eigenvalue weighted by molar-refractivity contribution is 5.89. The van der Waals surface area contributed by atoms with E-state index >= 15 is 0 Å². The quantitative estimate of drug-likeness (QED) is 0.170. The Hall–Kier alpha value is -4.38. The number of ether oxygens (including phenoxy) is 1. The first-order valence-electron chi connectivity index (χ1n) is 15.0. The number of alkyl halides is 3. The summed E-state index contributed by atoms with van der Waals surface area (Å²) in [7, 11) is 0. The lowest BCUT2D eigenvalue weighted by atomic mass is 10.0. The number of imidazole rings is 1. The van der Waals surface area contributed by atoms with Gasteiger partial charge in [-0.1, -0.05) is 0 Å². The normalized spacial score (nSPS) is 16.5. The number of carbonyl (C=O) groups is 2. The predicted molar refractivity (Wildman–Crippen MR) is 156 cm³/mol. The van der Waals surface area contributed by atoms with Crippen molar-refractivity contribution in [3.05, 3.63) is 81.0 Å². The Bertz CT molecular complexity index is 1670. The van der Waals surface area contributed by atoms with E-state index in [1.54, 1.807) is 18.3 Å². The van der Waals surface area contributed by atoms with Crippen molar-refractivity contribution in [2.45, 2.75) is 57.0 Å². The third kappa shape index (κ3) is 8.13. The van der Waals surface area contributed by atoms with Crippen molar-refractivity contribution in [3.63, 3.8) is 0 Å². The molecule has 11 nitrogen and oxygen atoms in total. The fourth-order valence-electron chi connectivity index (χ4n) is 5.78. The number of nitrogens with one attached hydrogen (secondary N) is 2. The Labute approximate surface area is 264 Å². The molecule has 1 amide bonds. The Kier molecular flexibility index (Phi) is 10.2. The molecular formula is C30H33F6N7O4. The summed E-state index contributed by atoms with van der Waals surface area (Å²) in [5.74, 6) is -6.62. The fourth-order valence-corrected chi connectivity index (χ4v) is 5.78. The number of nitrogens with two attached hydrogens (primary N) is 1. The van der Waals surface area contributed by atoms with Gasteiger partial charge in [-0.15, -0.1) is 0 Å². The molecule has 254 valence electrons. The van der Waals surface area contributed by atoms with E-state index in [4.69, 9.17) is 10.5 Å². The zero-order valence-corrected chi connectivity index (χ0v) is 25.1. The number of likely N-dealkylation sites (tertiary alicyclic amines) is 1. The van der Waals surface area contributed by atoms with Gasteiger partial charge in [0, 0.05) is 63.5 Å². The van der Waals surface area contributed by atoms with E-state index < -0.39 is 53.1 Å². The summed E-state index contributed by atoms with van der Waals surface area (Å²) in [6.45, 7) is 0.661. The Balaban J connectivity index is 1.17. The highest BCUT2D eigenvalue weighted by Gasteiger charge is 2.42. The van der Waals surface area contributed by atoms with Crippen molar-refractivity contribution >= 4 is 17.6 Å². The van der Waals surface area contributed by atoms with Gasteiger partial charge in [0.15, 0.2) is 17.3 Å². The molecule has 1 aromatic carbocycles. The lowest BCUT2D eigenvalue weighted by Gasteiger charge is -2.32. The molecule has 0 bridgehead atoms. The van der Waals surface area contributed by atoms with Crippen LogP contribution in [0.15, 0.2) is 35.3 Å². The zero-order chi connectivity index (χ0) is 33.9. The number of aromatic amines is 1. The van der Waals surface area contributed by atoms with Gasteiger partial charge in [0.2, 0.25) is 11.7 Å². The smallest absolute Gasteiger partial charge is 0.449 e. The molecule has 1 saturated heterocycles. The lowest BCUT2D eigenvalue weighted by Crippen LogP contribution is -2.42. The number of anilines is 1. The molecule has 4 heterocycles. The SMILES string of the molecule is N[C@@H](CC(=O)N1CCn2c(C(F)(F)F)nc(C(=O)OCCN3CCC(Nc4ccc[nH]c4=O)CC3)c2C1)Cc1cc(F)c(F)cc1F. The zero-order valence-electron chi connectivity index (χ0n) is 25.1. The van der Waals surface area contributed by atoms with E-state index in [0.717, 1.165) is 17.4 Å². The maximum Gasteiger partial charge on any atom is 0.449 e. The van der Waals surface area contributed by atoms with Crippen LogP contribution in [0.5, 0.6) is 0 Å². The number of pyridine rings is 1. The predicted octanol–water partition coefficient (Wildman–Crippen LogP) is 3.04. The first kappa shape index (κ1) is 34.0.